The van der Waals surface area contributed by atoms with E-state index >= 15 is 0 Å². The molecule has 1 aromatic carbocycles. The Labute approximate surface area is 140 Å². The van der Waals surface area contributed by atoms with Gasteiger partial charge in [0, 0.05) is 12.3 Å². The highest BCUT2D eigenvalue weighted by molar-refractivity contribution is 5.84. The molecule has 23 heavy (non-hydrogen) atoms. The SMILES string of the molecule is COc1ccc(CC(=O)C2CC(C)(C)CCC2C(C)C)cc1O. The number of carbonyl (C=O) groups is 1. The normalized spacial score (nSPS) is 23.7. The van der Waals surface area contributed by atoms with Crippen molar-refractivity contribution in [3.8, 4) is 11.5 Å². The molecular weight excluding hydrogens is 288 g/mol. The smallest absolute Gasteiger partial charge is 0.160 e. The summed E-state index contributed by atoms with van der Waals surface area (Å²) in [5.74, 6) is 1.98. The minimum absolute atomic E-state index is 0.0992. The van der Waals surface area contributed by atoms with Crippen LogP contribution in [-0.2, 0) is 11.2 Å². The van der Waals surface area contributed by atoms with Crippen LogP contribution in [0.1, 0.15) is 52.5 Å². The van der Waals surface area contributed by atoms with E-state index in [4.69, 9.17) is 4.74 Å². The predicted octanol–water partition coefficient (Wildman–Crippen LogP) is 4.61. The molecule has 0 heterocycles. The first-order valence-corrected chi connectivity index (χ1v) is 8.62. The van der Waals surface area contributed by atoms with E-state index in [-0.39, 0.29) is 17.1 Å². The Kier molecular flexibility index (Phi) is 5.38. The second kappa shape index (κ2) is 6.94. The summed E-state index contributed by atoms with van der Waals surface area (Å²) < 4.78 is 5.06. The lowest BCUT2D eigenvalue weighted by atomic mass is 9.62. The number of hydrogen-bond acceptors (Lipinski definition) is 3. The van der Waals surface area contributed by atoms with Crippen LogP contribution in [0.15, 0.2) is 18.2 Å². The molecule has 128 valence electrons. The molecule has 0 spiro atoms. The zero-order valence-electron chi connectivity index (χ0n) is 15.1. The van der Waals surface area contributed by atoms with Gasteiger partial charge in [-0.3, -0.25) is 4.79 Å². The number of ether oxygens (including phenoxy) is 1. The molecule has 0 bridgehead atoms. The van der Waals surface area contributed by atoms with E-state index in [2.05, 4.69) is 27.7 Å². The lowest BCUT2D eigenvalue weighted by Crippen LogP contribution is -2.37. The molecule has 3 nitrogen and oxygen atoms in total. The highest BCUT2D eigenvalue weighted by atomic mass is 16.5. The first kappa shape index (κ1) is 17.8. The summed E-state index contributed by atoms with van der Waals surface area (Å²) in [5, 5.41) is 9.90. The molecule has 2 unspecified atom stereocenters. The molecule has 1 saturated carbocycles. The molecule has 0 amide bonds. The van der Waals surface area contributed by atoms with Crippen molar-refractivity contribution in [3.05, 3.63) is 23.8 Å². The molecule has 1 aliphatic rings. The van der Waals surface area contributed by atoms with Crippen molar-refractivity contribution in [3.63, 3.8) is 0 Å². The second-order valence-corrected chi connectivity index (χ2v) is 8.07. The topological polar surface area (TPSA) is 46.5 Å². The Morgan fingerprint density at radius 3 is 2.65 bits per heavy atom. The number of carbonyl (C=O) groups excluding carboxylic acids is 1. The Morgan fingerprint density at radius 1 is 1.39 bits per heavy atom. The third-order valence-electron chi connectivity index (χ3n) is 5.34. The fraction of sp³-hybridized carbons (Fsp3) is 0.650. The summed E-state index contributed by atoms with van der Waals surface area (Å²) in [6.45, 7) is 8.98. The summed E-state index contributed by atoms with van der Waals surface area (Å²) in [6.07, 6.45) is 3.69. The first-order valence-electron chi connectivity index (χ1n) is 8.62. The van der Waals surface area contributed by atoms with Crippen molar-refractivity contribution in [2.75, 3.05) is 7.11 Å². The van der Waals surface area contributed by atoms with Crippen LogP contribution in [0.5, 0.6) is 11.5 Å². The Hall–Kier alpha value is -1.51. The Balaban J connectivity index is 2.15. The van der Waals surface area contributed by atoms with Gasteiger partial charge in [0.15, 0.2) is 11.5 Å². The van der Waals surface area contributed by atoms with Crippen LogP contribution in [0.25, 0.3) is 0 Å². The molecule has 1 fully saturated rings. The van der Waals surface area contributed by atoms with Crippen molar-refractivity contribution in [2.24, 2.45) is 23.2 Å². The molecule has 1 N–H and O–H groups in total. The van der Waals surface area contributed by atoms with Gasteiger partial charge in [0.25, 0.3) is 0 Å². The van der Waals surface area contributed by atoms with Gasteiger partial charge in [-0.25, -0.2) is 0 Å². The fourth-order valence-electron chi connectivity index (χ4n) is 3.94. The van der Waals surface area contributed by atoms with Gasteiger partial charge < -0.3 is 9.84 Å². The summed E-state index contributed by atoms with van der Waals surface area (Å²) in [5.41, 5.74) is 1.10. The molecule has 2 rings (SSSR count). The van der Waals surface area contributed by atoms with E-state index in [0.717, 1.165) is 18.4 Å². The van der Waals surface area contributed by atoms with Gasteiger partial charge in [-0.15, -0.1) is 0 Å². The maximum Gasteiger partial charge on any atom is 0.160 e. The molecule has 2 atom stereocenters. The van der Waals surface area contributed by atoms with Gasteiger partial charge in [-0.1, -0.05) is 33.8 Å². The van der Waals surface area contributed by atoms with Crippen molar-refractivity contribution >= 4 is 5.78 Å². The van der Waals surface area contributed by atoms with Crippen molar-refractivity contribution in [2.45, 2.75) is 53.4 Å². The highest BCUT2D eigenvalue weighted by Gasteiger charge is 2.39. The number of Topliss-reactive ketones (excluding diaryl/α,β-unsaturated/α-hetero) is 1. The van der Waals surface area contributed by atoms with Gasteiger partial charge in [0.1, 0.15) is 5.78 Å². The van der Waals surface area contributed by atoms with E-state index in [9.17, 15) is 9.90 Å². The molecule has 1 aromatic rings. The zero-order chi connectivity index (χ0) is 17.2. The molecule has 1 aliphatic carbocycles. The van der Waals surface area contributed by atoms with Crippen LogP contribution < -0.4 is 4.74 Å². The van der Waals surface area contributed by atoms with E-state index in [1.807, 2.05) is 6.07 Å². The summed E-state index contributed by atoms with van der Waals surface area (Å²) >= 11 is 0. The Morgan fingerprint density at radius 2 is 2.09 bits per heavy atom. The predicted molar refractivity (Wildman–Crippen MR) is 92.8 cm³/mol. The average molecular weight is 318 g/mol. The number of hydrogen-bond donors (Lipinski definition) is 1. The highest BCUT2D eigenvalue weighted by Crippen LogP contribution is 2.45. The summed E-state index contributed by atoms with van der Waals surface area (Å²) in [6, 6.07) is 5.24. The third kappa shape index (κ3) is 4.27. The van der Waals surface area contributed by atoms with Crippen molar-refractivity contribution < 1.29 is 14.6 Å². The quantitative estimate of drug-likeness (QED) is 0.862. The lowest BCUT2D eigenvalue weighted by molar-refractivity contribution is -0.127. The van der Waals surface area contributed by atoms with E-state index in [1.165, 1.54) is 13.5 Å². The second-order valence-electron chi connectivity index (χ2n) is 8.07. The largest absolute Gasteiger partial charge is 0.504 e. The molecule has 0 radical (unpaired) electrons. The first-order chi connectivity index (χ1) is 10.7. The number of phenolic OH excluding ortho intramolecular Hbond substituents is 1. The molecule has 3 heteroatoms. The van der Waals surface area contributed by atoms with Gasteiger partial charge in [0.05, 0.1) is 7.11 Å². The number of methoxy groups -OCH3 is 1. The lowest BCUT2D eigenvalue weighted by Gasteiger charge is -2.42. The van der Waals surface area contributed by atoms with Crippen molar-refractivity contribution in [1.29, 1.82) is 0 Å². The maximum absolute atomic E-state index is 12.9. The van der Waals surface area contributed by atoms with Crippen LogP contribution in [0.4, 0.5) is 0 Å². The van der Waals surface area contributed by atoms with Gasteiger partial charge in [-0.05, 0) is 54.2 Å². The molecule has 0 aromatic heterocycles. The number of benzene rings is 1. The summed E-state index contributed by atoms with van der Waals surface area (Å²) in [7, 11) is 1.53. The van der Waals surface area contributed by atoms with E-state index in [1.54, 1.807) is 12.1 Å². The minimum atomic E-state index is 0.0992. The number of phenols is 1. The van der Waals surface area contributed by atoms with Crippen LogP contribution in [0.2, 0.25) is 0 Å². The van der Waals surface area contributed by atoms with Gasteiger partial charge in [-0.2, -0.15) is 0 Å². The van der Waals surface area contributed by atoms with Crippen LogP contribution in [-0.4, -0.2) is 18.0 Å². The number of rotatable bonds is 5. The molecular formula is C20H30O3. The van der Waals surface area contributed by atoms with Crippen LogP contribution in [0.3, 0.4) is 0 Å². The van der Waals surface area contributed by atoms with Crippen LogP contribution in [0, 0.1) is 23.2 Å². The van der Waals surface area contributed by atoms with Gasteiger partial charge >= 0.3 is 0 Å². The van der Waals surface area contributed by atoms with Gasteiger partial charge in [0.2, 0.25) is 0 Å². The molecule has 0 aliphatic heterocycles. The number of ketones is 1. The standard InChI is InChI=1S/C20H30O3/c1-13(2)15-8-9-20(3,4)12-16(15)17(21)10-14-6-7-19(23-5)18(22)11-14/h6-7,11,13,15-16,22H,8-10,12H2,1-5H3. The van der Waals surface area contributed by atoms with E-state index in [0.29, 0.717) is 29.8 Å². The monoisotopic (exact) mass is 318 g/mol. The number of aromatic hydroxyl groups is 1. The zero-order valence-corrected chi connectivity index (χ0v) is 15.1. The average Bonchev–Trinajstić information content (AvgIpc) is 2.46. The summed E-state index contributed by atoms with van der Waals surface area (Å²) in [4.78, 5) is 12.9. The molecule has 0 saturated heterocycles. The maximum atomic E-state index is 12.9. The minimum Gasteiger partial charge on any atom is -0.504 e. The van der Waals surface area contributed by atoms with Crippen LogP contribution >= 0.6 is 0 Å². The Bertz CT molecular complexity index is 560. The van der Waals surface area contributed by atoms with Crippen molar-refractivity contribution in [1.82, 2.24) is 0 Å². The van der Waals surface area contributed by atoms with E-state index < -0.39 is 0 Å². The third-order valence-corrected chi connectivity index (χ3v) is 5.34. The fourth-order valence-corrected chi connectivity index (χ4v) is 3.94.